The fourth-order valence-corrected chi connectivity index (χ4v) is 2.18. The monoisotopic (exact) mass is 311 g/mol. The van der Waals surface area contributed by atoms with Gasteiger partial charge >= 0.3 is 5.97 Å². The second-order valence-electron chi connectivity index (χ2n) is 4.57. The third kappa shape index (κ3) is 2.90. The van der Waals surface area contributed by atoms with Crippen LogP contribution in [0.1, 0.15) is 24.9 Å². The van der Waals surface area contributed by atoms with Crippen molar-refractivity contribution in [2.75, 3.05) is 0 Å². The van der Waals surface area contributed by atoms with Gasteiger partial charge in [0.05, 0.1) is 17.9 Å². The number of amides is 1. The molecule has 1 fully saturated rings. The van der Waals surface area contributed by atoms with Crippen LogP contribution in [0.2, 0.25) is 0 Å². The van der Waals surface area contributed by atoms with Crippen LogP contribution in [-0.4, -0.2) is 17.0 Å². The topological polar surface area (TPSA) is 66.4 Å². The first kappa shape index (κ1) is 13.1. The van der Waals surface area contributed by atoms with Crippen LogP contribution < -0.4 is 5.32 Å². The van der Waals surface area contributed by atoms with Crippen molar-refractivity contribution in [1.82, 2.24) is 5.32 Å². The first-order valence-corrected chi connectivity index (χ1v) is 6.57. The molecule has 4 nitrogen and oxygen atoms in total. The Bertz CT molecular complexity index is 472. The van der Waals surface area contributed by atoms with Crippen LogP contribution in [-0.2, 0) is 9.59 Å². The molecule has 96 valence electrons. The molecule has 0 aromatic heterocycles. The molecule has 1 amide bonds. The Labute approximate surface area is 114 Å². The zero-order chi connectivity index (χ0) is 13.3. The predicted molar refractivity (Wildman–Crippen MR) is 69.9 cm³/mol. The lowest BCUT2D eigenvalue weighted by Crippen LogP contribution is -2.29. The van der Waals surface area contributed by atoms with Gasteiger partial charge in [-0.3, -0.25) is 9.59 Å². The highest BCUT2D eigenvalue weighted by Gasteiger charge is 2.48. The number of hydrogen-bond acceptors (Lipinski definition) is 2. The lowest BCUT2D eigenvalue weighted by Gasteiger charge is -2.14. The summed E-state index contributed by atoms with van der Waals surface area (Å²) < 4.78 is 0.984. The highest BCUT2D eigenvalue weighted by molar-refractivity contribution is 9.10. The van der Waals surface area contributed by atoms with Crippen molar-refractivity contribution in [3.8, 4) is 0 Å². The van der Waals surface area contributed by atoms with Crippen molar-refractivity contribution in [3.05, 3.63) is 34.3 Å². The van der Waals surface area contributed by atoms with E-state index in [9.17, 15) is 9.59 Å². The number of rotatable bonds is 4. The molecule has 0 spiro atoms. The second kappa shape index (κ2) is 5.10. The molecule has 1 aromatic carbocycles. The Morgan fingerprint density at radius 1 is 1.33 bits per heavy atom. The van der Waals surface area contributed by atoms with Crippen molar-refractivity contribution >= 4 is 27.8 Å². The number of benzene rings is 1. The van der Waals surface area contributed by atoms with E-state index in [0.717, 1.165) is 10.0 Å². The van der Waals surface area contributed by atoms with Gasteiger partial charge in [-0.1, -0.05) is 28.1 Å². The quantitative estimate of drug-likeness (QED) is 0.897. The number of aliphatic carboxylic acids is 1. The maximum atomic E-state index is 11.8. The summed E-state index contributed by atoms with van der Waals surface area (Å²) >= 11 is 3.35. The maximum Gasteiger partial charge on any atom is 0.307 e. The van der Waals surface area contributed by atoms with Crippen LogP contribution in [0.25, 0.3) is 0 Å². The molecule has 1 aliphatic carbocycles. The third-order valence-corrected chi connectivity index (χ3v) is 3.70. The average Bonchev–Trinajstić information content (AvgIpc) is 3.09. The molecule has 1 saturated carbocycles. The summed E-state index contributed by atoms with van der Waals surface area (Å²) in [6, 6.07) is 7.57. The number of carboxylic acid groups (broad SMARTS) is 1. The first-order valence-electron chi connectivity index (χ1n) is 5.77. The smallest absolute Gasteiger partial charge is 0.307 e. The van der Waals surface area contributed by atoms with Gasteiger partial charge in [0.1, 0.15) is 0 Å². The van der Waals surface area contributed by atoms with Gasteiger partial charge in [-0.05, 0) is 31.0 Å². The molecule has 2 unspecified atom stereocenters. The average molecular weight is 312 g/mol. The molecule has 18 heavy (non-hydrogen) atoms. The molecule has 0 aliphatic heterocycles. The van der Waals surface area contributed by atoms with E-state index in [-0.39, 0.29) is 17.9 Å². The normalized spacial score (nSPS) is 23.2. The first-order chi connectivity index (χ1) is 8.49. The van der Waals surface area contributed by atoms with E-state index in [4.69, 9.17) is 5.11 Å². The molecule has 1 aromatic rings. The maximum absolute atomic E-state index is 11.8. The fourth-order valence-electron chi connectivity index (χ4n) is 1.91. The number of nitrogens with one attached hydrogen (secondary N) is 1. The number of carboxylic acids is 1. The van der Waals surface area contributed by atoms with E-state index in [2.05, 4.69) is 21.2 Å². The Kier molecular flexibility index (Phi) is 3.71. The molecular formula is C13H14BrNO3. The van der Waals surface area contributed by atoms with Crippen LogP contribution in [0.15, 0.2) is 28.7 Å². The van der Waals surface area contributed by atoms with Gasteiger partial charge in [0, 0.05) is 4.47 Å². The third-order valence-electron chi connectivity index (χ3n) is 3.17. The van der Waals surface area contributed by atoms with Crippen molar-refractivity contribution in [1.29, 1.82) is 0 Å². The summed E-state index contributed by atoms with van der Waals surface area (Å²) in [6.45, 7) is 1.89. The highest BCUT2D eigenvalue weighted by Crippen LogP contribution is 2.39. The second-order valence-corrected chi connectivity index (χ2v) is 5.48. The molecule has 0 saturated heterocycles. The Balaban J connectivity index is 1.92. The summed E-state index contributed by atoms with van der Waals surface area (Å²) in [6.07, 6.45) is 0.453. The molecule has 0 bridgehead atoms. The molecular weight excluding hydrogens is 298 g/mol. The molecule has 3 atom stereocenters. The highest BCUT2D eigenvalue weighted by atomic mass is 79.9. The summed E-state index contributed by atoms with van der Waals surface area (Å²) in [5, 5.41) is 11.6. The zero-order valence-electron chi connectivity index (χ0n) is 9.89. The van der Waals surface area contributed by atoms with E-state index in [1.807, 2.05) is 31.2 Å². The van der Waals surface area contributed by atoms with Crippen LogP contribution in [0.4, 0.5) is 0 Å². The van der Waals surface area contributed by atoms with Gasteiger partial charge in [0.15, 0.2) is 0 Å². The van der Waals surface area contributed by atoms with Gasteiger partial charge in [0.25, 0.3) is 0 Å². The van der Waals surface area contributed by atoms with Gasteiger partial charge in [-0.25, -0.2) is 0 Å². The Hall–Kier alpha value is -1.36. The van der Waals surface area contributed by atoms with Crippen molar-refractivity contribution in [2.24, 2.45) is 11.8 Å². The molecule has 1 aliphatic rings. The van der Waals surface area contributed by atoms with Gasteiger partial charge in [-0.2, -0.15) is 0 Å². The lowest BCUT2D eigenvalue weighted by molar-refractivity contribution is -0.140. The number of carbonyl (C=O) groups excluding carboxylic acids is 1. The van der Waals surface area contributed by atoms with E-state index in [0.29, 0.717) is 6.42 Å². The van der Waals surface area contributed by atoms with Gasteiger partial charge < -0.3 is 10.4 Å². The molecule has 2 rings (SSSR count). The minimum absolute atomic E-state index is 0.111. The number of halogens is 1. The zero-order valence-corrected chi connectivity index (χ0v) is 11.5. The van der Waals surface area contributed by atoms with Crippen LogP contribution in [0.3, 0.4) is 0 Å². The van der Waals surface area contributed by atoms with Crippen molar-refractivity contribution in [2.45, 2.75) is 19.4 Å². The Morgan fingerprint density at radius 2 is 1.94 bits per heavy atom. The summed E-state index contributed by atoms with van der Waals surface area (Å²) in [4.78, 5) is 22.5. The van der Waals surface area contributed by atoms with Crippen LogP contribution >= 0.6 is 15.9 Å². The van der Waals surface area contributed by atoms with Crippen molar-refractivity contribution < 1.29 is 14.7 Å². The Morgan fingerprint density at radius 3 is 2.44 bits per heavy atom. The predicted octanol–water partition coefficient (Wildman–Crippen LogP) is 2.35. The number of hydrogen-bond donors (Lipinski definition) is 2. The lowest BCUT2D eigenvalue weighted by atomic mass is 10.1. The summed E-state index contributed by atoms with van der Waals surface area (Å²) in [5.41, 5.74) is 0.999. The minimum Gasteiger partial charge on any atom is -0.481 e. The number of carbonyl (C=O) groups is 2. The van der Waals surface area contributed by atoms with Crippen LogP contribution in [0.5, 0.6) is 0 Å². The van der Waals surface area contributed by atoms with E-state index < -0.39 is 11.9 Å². The largest absolute Gasteiger partial charge is 0.481 e. The van der Waals surface area contributed by atoms with Crippen LogP contribution in [0, 0.1) is 11.8 Å². The summed E-state index contributed by atoms with van der Waals surface area (Å²) in [7, 11) is 0. The van der Waals surface area contributed by atoms with E-state index in [1.54, 1.807) is 0 Å². The molecule has 2 N–H and O–H groups in total. The minimum atomic E-state index is -0.883. The van der Waals surface area contributed by atoms with Crippen molar-refractivity contribution in [3.63, 3.8) is 0 Å². The standard InChI is InChI=1S/C13H14BrNO3/c1-7(8-2-4-9(14)5-3-8)15-12(16)10-6-11(10)13(17)18/h2-5,7,10-11H,6H2,1H3,(H,15,16)(H,17,18)/t7-,10?,11?/m1/s1. The SMILES string of the molecule is C[C@@H](NC(=O)C1CC1C(=O)O)c1ccc(Br)cc1. The fraction of sp³-hybridized carbons (Fsp3) is 0.385. The summed E-state index contributed by atoms with van der Waals surface area (Å²) in [5.74, 6) is -1.91. The van der Waals surface area contributed by atoms with E-state index in [1.165, 1.54) is 0 Å². The molecule has 5 heteroatoms. The van der Waals surface area contributed by atoms with Gasteiger partial charge in [-0.15, -0.1) is 0 Å². The van der Waals surface area contributed by atoms with E-state index >= 15 is 0 Å². The van der Waals surface area contributed by atoms with Gasteiger partial charge in [0.2, 0.25) is 5.91 Å². The molecule has 0 radical (unpaired) electrons. The molecule has 0 heterocycles.